The van der Waals surface area contributed by atoms with Gasteiger partial charge in [0.15, 0.2) is 0 Å². The first-order valence-electron chi connectivity index (χ1n) is 9.67. The Morgan fingerprint density at radius 3 is 2.12 bits per heavy atom. The third-order valence-corrected chi connectivity index (χ3v) is 5.31. The van der Waals surface area contributed by atoms with Gasteiger partial charge in [0.2, 0.25) is 0 Å². The molecule has 0 saturated heterocycles. The van der Waals surface area contributed by atoms with E-state index in [1.165, 1.54) is 61.6 Å². The van der Waals surface area contributed by atoms with Gasteiger partial charge < -0.3 is 4.74 Å². The number of alkyl halides is 1. The summed E-state index contributed by atoms with van der Waals surface area (Å²) in [6, 6.07) is 17.3. The molecule has 134 valence electrons. The van der Waals surface area contributed by atoms with Crippen LogP contribution in [0.5, 0.6) is 5.75 Å². The minimum Gasteiger partial charge on any atom is -0.492 e. The molecule has 0 aliphatic heterocycles. The van der Waals surface area contributed by atoms with E-state index in [2.05, 4.69) is 36.4 Å². The minimum absolute atomic E-state index is 0.0285. The first-order chi connectivity index (χ1) is 12.2. The minimum atomic E-state index is 0.0285. The van der Waals surface area contributed by atoms with E-state index in [0.717, 1.165) is 11.7 Å². The standard InChI is InChI=1S/C23H29ClO/c1-18(24)17-25-23-15-13-22(14-16-23)21-11-9-20(10-12-21)8-7-19-5-3-2-4-6-19/h9-16,18-19H,2-8,17H2,1H3. The van der Waals surface area contributed by atoms with E-state index >= 15 is 0 Å². The maximum Gasteiger partial charge on any atom is 0.119 e. The van der Waals surface area contributed by atoms with Crippen LogP contribution in [0.25, 0.3) is 11.1 Å². The number of halogens is 1. The van der Waals surface area contributed by atoms with Crippen molar-refractivity contribution in [2.24, 2.45) is 5.92 Å². The van der Waals surface area contributed by atoms with E-state index in [-0.39, 0.29) is 5.38 Å². The summed E-state index contributed by atoms with van der Waals surface area (Å²) < 4.78 is 5.63. The molecule has 1 nitrogen and oxygen atoms in total. The molecule has 1 aliphatic carbocycles. The molecule has 2 heteroatoms. The van der Waals surface area contributed by atoms with E-state index in [9.17, 15) is 0 Å². The average Bonchev–Trinajstić information content (AvgIpc) is 2.66. The predicted octanol–water partition coefficient (Wildman–Crippen LogP) is 6.87. The highest BCUT2D eigenvalue weighted by Crippen LogP contribution is 2.28. The molecular weight excluding hydrogens is 328 g/mol. The van der Waals surface area contributed by atoms with Crippen molar-refractivity contribution in [1.82, 2.24) is 0 Å². The van der Waals surface area contributed by atoms with E-state index in [0.29, 0.717) is 6.61 Å². The molecule has 0 aromatic heterocycles. The van der Waals surface area contributed by atoms with Gasteiger partial charge in [0.1, 0.15) is 12.4 Å². The SMILES string of the molecule is CC(Cl)COc1ccc(-c2ccc(CCC3CCCCC3)cc2)cc1. The van der Waals surface area contributed by atoms with Crippen LogP contribution < -0.4 is 4.74 Å². The summed E-state index contributed by atoms with van der Waals surface area (Å²) in [4.78, 5) is 0. The fourth-order valence-corrected chi connectivity index (χ4v) is 3.73. The quantitative estimate of drug-likeness (QED) is 0.491. The van der Waals surface area contributed by atoms with Gasteiger partial charge in [-0.3, -0.25) is 0 Å². The number of ether oxygens (including phenoxy) is 1. The van der Waals surface area contributed by atoms with Gasteiger partial charge >= 0.3 is 0 Å². The zero-order chi connectivity index (χ0) is 17.5. The van der Waals surface area contributed by atoms with Gasteiger partial charge in [-0.15, -0.1) is 11.6 Å². The molecule has 1 atom stereocenters. The molecule has 2 aromatic rings. The number of aryl methyl sites for hydroxylation is 1. The Hall–Kier alpha value is -1.47. The molecule has 0 heterocycles. The van der Waals surface area contributed by atoms with Gasteiger partial charge in [0.25, 0.3) is 0 Å². The molecular formula is C23H29ClO. The molecule has 0 spiro atoms. The lowest BCUT2D eigenvalue weighted by Gasteiger charge is -2.21. The van der Waals surface area contributed by atoms with Crippen molar-refractivity contribution in [3.8, 4) is 16.9 Å². The van der Waals surface area contributed by atoms with Crippen LogP contribution in [0.2, 0.25) is 0 Å². The van der Waals surface area contributed by atoms with Crippen molar-refractivity contribution in [3.63, 3.8) is 0 Å². The molecule has 0 bridgehead atoms. The Morgan fingerprint density at radius 1 is 0.920 bits per heavy atom. The average molecular weight is 357 g/mol. The molecule has 1 saturated carbocycles. The van der Waals surface area contributed by atoms with E-state index in [1.54, 1.807) is 0 Å². The third kappa shape index (κ3) is 5.78. The second-order valence-electron chi connectivity index (χ2n) is 7.36. The summed E-state index contributed by atoms with van der Waals surface area (Å²) >= 11 is 5.92. The number of hydrogen-bond acceptors (Lipinski definition) is 1. The largest absolute Gasteiger partial charge is 0.492 e. The second kappa shape index (κ2) is 9.29. The normalized spacial score (nSPS) is 16.6. The lowest BCUT2D eigenvalue weighted by molar-refractivity contribution is 0.320. The Morgan fingerprint density at radius 2 is 1.52 bits per heavy atom. The predicted molar refractivity (Wildman–Crippen MR) is 108 cm³/mol. The molecule has 0 N–H and O–H groups in total. The van der Waals surface area contributed by atoms with Crippen molar-refractivity contribution in [2.45, 2.75) is 57.2 Å². The summed E-state index contributed by atoms with van der Waals surface area (Å²) in [6.45, 7) is 2.47. The third-order valence-electron chi connectivity index (χ3n) is 5.19. The number of benzene rings is 2. The van der Waals surface area contributed by atoms with E-state index in [4.69, 9.17) is 16.3 Å². The van der Waals surface area contributed by atoms with E-state index in [1.807, 2.05) is 19.1 Å². The molecule has 0 amide bonds. The highest BCUT2D eigenvalue weighted by atomic mass is 35.5. The van der Waals surface area contributed by atoms with Crippen LogP contribution in [-0.4, -0.2) is 12.0 Å². The first kappa shape index (κ1) is 18.3. The smallest absolute Gasteiger partial charge is 0.119 e. The van der Waals surface area contributed by atoms with Crippen LogP contribution in [0.4, 0.5) is 0 Å². The highest BCUT2D eigenvalue weighted by Gasteiger charge is 2.13. The van der Waals surface area contributed by atoms with E-state index < -0.39 is 0 Å². The summed E-state index contributed by atoms with van der Waals surface area (Å²) in [5.74, 6) is 1.83. The fourth-order valence-electron chi connectivity index (χ4n) is 3.67. The summed E-state index contributed by atoms with van der Waals surface area (Å²) in [5.41, 5.74) is 3.95. The summed E-state index contributed by atoms with van der Waals surface area (Å²) in [7, 11) is 0. The molecule has 1 aliphatic rings. The van der Waals surface area contributed by atoms with Crippen LogP contribution in [0.15, 0.2) is 48.5 Å². The molecule has 0 radical (unpaired) electrons. The second-order valence-corrected chi connectivity index (χ2v) is 8.10. The zero-order valence-electron chi connectivity index (χ0n) is 15.2. The zero-order valence-corrected chi connectivity index (χ0v) is 16.0. The fraction of sp³-hybridized carbons (Fsp3) is 0.478. The Balaban J connectivity index is 1.54. The number of hydrogen-bond donors (Lipinski definition) is 0. The van der Waals surface area contributed by atoms with Crippen molar-refractivity contribution in [2.75, 3.05) is 6.61 Å². The van der Waals surface area contributed by atoms with Crippen LogP contribution >= 0.6 is 11.6 Å². The van der Waals surface area contributed by atoms with Crippen molar-refractivity contribution >= 4 is 11.6 Å². The molecule has 3 rings (SSSR count). The lowest BCUT2D eigenvalue weighted by Crippen LogP contribution is -2.07. The van der Waals surface area contributed by atoms with Gasteiger partial charge in [0.05, 0.1) is 5.38 Å². The van der Waals surface area contributed by atoms with Gasteiger partial charge in [0, 0.05) is 0 Å². The van der Waals surface area contributed by atoms with Crippen molar-refractivity contribution < 1.29 is 4.74 Å². The maximum absolute atomic E-state index is 5.92. The van der Waals surface area contributed by atoms with Gasteiger partial charge in [-0.1, -0.05) is 68.5 Å². The summed E-state index contributed by atoms with van der Waals surface area (Å²) in [5, 5.41) is 0.0285. The Kier molecular flexibility index (Phi) is 6.81. The maximum atomic E-state index is 5.92. The molecule has 25 heavy (non-hydrogen) atoms. The number of rotatable bonds is 7. The lowest BCUT2D eigenvalue weighted by atomic mass is 9.85. The monoisotopic (exact) mass is 356 g/mol. The molecule has 2 aromatic carbocycles. The van der Waals surface area contributed by atoms with Gasteiger partial charge in [-0.2, -0.15) is 0 Å². The van der Waals surface area contributed by atoms with Crippen LogP contribution in [-0.2, 0) is 6.42 Å². The van der Waals surface area contributed by atoms with Crippen LogP contribution in [0, 0.1) is 5.92 Å². The summed E-state index contributed by atoms with van der Waals surface area (Å²) in [6.07, 6.45) is 9.77. The molecule has 1 fully saturated rings. The van der Waals surface area contributed by atoms with Crippen LogP contribution in [0.1, 0.15) is 51.0 Å². The highest BCUT2D eigenvalue weighted by molar-refractivity contribution is 6.20. The van der Waals surface area contributed by atoms with Crippen LogP contribution in [0.3, 0.4) is 0 Å². The van der Waals surface area contributed by atoms with Crippen molar-refractivity contribution in [1.29, 1.82) is 0 Å². The van der Waals surface area contributed by atoms with Gasteiger partial charge in [-0.25, -0.2) is 0 Å². The van der Waals surface area contributed by atoms with Gasteiger partial charge in [-0.05, 0) is 54.5 Å². The topological polar surface area (TPSA) is 9.23 Å². The van der Waals surface area contributed by atoms with Crippen molar-refractivity contribution in [3.05, 3.63) is 54.1 Å². The molecule has 1 unspecified atom stereocenters. The first-order valence-corrected chi connectivity index (χ1v) is 10.1. The Bertz CT molecular complexity index is 624. The Labute approximate surface area is 157 Å².